The number of aromatic nitrogens is 1. The fourth-order valence-corrected chi connectivity index (χ4v) is 3.41. The molecule has 1 aromatic rings. The van der Waals surface area contributed by atoms with Gasteiger partial charge in [-0.05, 0) is 48.6 Å². The normalized spacial score (nSPS) is 20.5. The second-order valence-corrected chi connectivity index (χ2v) is 6.79. The molecule has 0 radical (unpaired) electrons. The third-order valence-electron chi connectivity index (χ3n) is 4.45. The first-order valence-electron chi connectivity index (χ1n) is 8.03. The van der Waals surface area contributed by atoms with Crippen LogP contribution in [0.1, 0.15) is 31.5 Å². The minimum absolute atomic E-state index is 0.0535. The Morgan fingerprint density at radius 3 is 2.88 bits per heavy atom. The highest BCUT2D eigenvalue weighted by Crippen LogP contribution is 2.45. The van der Waals surface area contributed by atoms with Gasteiger partial charge in [0.2, 0.25) is 0 Å². The number of hydrogen-bond acceptors (Lipinski definition) is 4. The summed E-state index contributed by atoms with van der Waals surface area (Å²) in [6.07, 6.45) is 5.76. The van der Waals surface area contributed by atoms with E-state index in [1.165, 1.54) is 0 Å². The molecule has 1 heterocycles. The van der Waals surface area contributed by atoms with Gasteiger partial charge in [-0.15, -0.1) is 0 Å². The average Bonchev–Trinajstić information content (AvgIpc) is 3.02. The molecule has 0 bridgehead atoms. The number of halogens is 1. The van der Waals surface area contributed by atoms with Crippen LogP contribution in [0.5, 0.6) is 0 Å². The maximum Gasteiger partial charge on any atom is 0.131 e. The Balaban J connectivity index is 1.91. The van der Waals surface area contributed by atoms with Crippen LogP contribution in [-0.2, 0) is 0 Å². The number of aliphatic hydroxyl groups excluding tert-OH is 1. The average molecular weight is 344 g/mol. The van der Waals surface area contributed by atoms with Gasteiger partial charge in [0.15, 0.2) is 0 Å². The summed E-state index contributed by atoms with van der Waals surface area (Å²) in [5.41, 5.74) is 12.8. The van der Waals surface area contributed by atoms with Gasteiger partial charge < -0.3 is 16.2 Å². The summed E-state index contributed by atoms with van der Waals surface area (Å²) in [6, 6.07) is 1.86. The molecule has 1 aromatic heterocycles. The number of nitrogens with zero attached hydrogens (tertiary/aromatic N) is 1. The summed E-state index contributed by atoms with van der Waals surface area (Å²) in [6.45, 7) is 8.81. The molecule has 2 aliphatic carbocycles. The Morgan fingerprint density at radius 2 is 2.25 bits per heavy atom. The van der Waals surface area contributed by atoms with Crippen LogP contribution in [0.4, 0.5) is 5.69 Å². The number of rotatable bonds is 5. The van der Waals surface area contributed by atoms with Crippen LogP contribution in [0.2, 0.25) is 5.15 Å². The zero-order valence-corrected chi connectivity index (χ0v) is 14.7. The lowest BCUT2D eigenvalue weighted by molar-refractivity contribution is 0.261. The molecule has 0 aliphatic heterocycles. The number of fused-ring (bicyclic) bond motifs is 1. The fourth-order valence-electron chi connectivity index (χ4n) is 3.22. The third kappa shape index (κ3) is 3.05. The second-order valence-electron chi connectivity index (χ2n) is 6.40. The first kappa shape index (κ1) is 17.0. The van der Waals surface area contributed by atoms with Crippen molar-refractivity contribution < 1.29 is 5.11 Å². The van der Waals surface area contributed by atoms with Gasteiger partial charge in [-0.2, -0.15) is 0 Å². The predicted molar refractivity (Wildman–Crippen MR) is 101 cm³/mol. The lowest BCUT2D eigenvalue weighted by atomic mass is 9.99. The lowest BCUT2D eigenvalue weighted by Gasteiger charge is -2.15. The Labute approximate surface area is 147 Å². The molecule has 4 N–H and O–H groups in total. The molecule has 5 heteroatoms. The van der Waals surface area contributed by atoms with Crippen molar-refractivity contribution in [1.29, 1.82) is 0 Å². The summed E-state index contributed by atoms with van der Waals surface area (Å²) < 4.78 is 0. The van der Waals surface area contributed by atoms with Crippen LogP contribution in [0, 0.1) is 0 Å². The van der Waals surface area contributed by atoms with E-state index in [1.807, 2.05) is 32.1 Å². The van der Waals surface area contributed by atoms with Crippen LogP contribution >= 0.6 is 11.6 Å². The van der Waals surface area contributed by atoms with Crippen molar-refractivity contribution in [2.45, 2.75) is 32.4 Å². The van der Waals surface area contributed by atoms with Gasteiger partial charge in [0, 0.05) is 23.8 Å². The van der Waals surface area contributed by atoms with Gasteiger partial charge in [0.1, 0.15) is 5.15 Å². The molecule has 126 valence electrons. The quantitative estimate of drug-likeness (QED) is 0.715. The van der Waals surface area contributed by atoms with Crippen molar-refractivity contribution >= 4 is 28.4 Å². The summed E-state index contributed by atoms with van der Waals surface area (Å²) >= 11 is 6.21. The Bertz CT molecular complexity index is 790. The van der Waals surface area contributed by atoms with Gasteiger partial charge in [-0.25, -0.2) is 4.98 Å². The van der Waals surface area contributed by atoms with E-state index in [-0.39, 0.29) is 6.04 Å². The monoisotopic (exact) mass is 343 g/mol. The SMILES string of the molecule is C=C1C(C[C@H](C)N)=C(C)c2nc(Cl)cc(NCC3=CC=C[C@@H]3O)c21. The van der Waals surface area contributed by atoms with E-state index >= 15 is 0 Å². The standard InChI is InChI=1S/C19H22ClN3O/c1-10(21)7-14-11(2)18-15(8-17(20)23-19(18)12(14)3)22-9-13-5-4-6-16(13)24/h4-6,8,10,16,24H,2,7,9,21H2,1,3H3,(H,22,23)/t10-,16-/m0/s1. The Kier molecular flexibility index (Phi) is 4.63. The Morgan fingerprint density at radius 1 is 1.50 bits per heavy atom. The number of hydrogen-bond donors (Lipinski definition) is 3. The minimum Gasteiger partial charge on any atom is -0.385 e. The first-order chi connectivity index (χ1) is 11.4. The number of nitrogens with two attached hydrogens (primary N) is 1. The zero-order valence-electron chi connectivity index (χ0n) is 13.9. The molecule has 0 saturated heterocycles. The van der Waals surface area contributed by atoms with Crippen molar-refractivity contribution in [1.82, 2.24) is 4.98 Å². The molecule has 4 nitrogen and oxygen atoms in total. The number of nitrogens with one attached hydrogen (secondary N) is 1. The topological polar surface area (TPSA) is 71.2 Å². The van der Waals surface area contributed by atoms with E-state index in [0.717, 1.165) is 45.7 Å². The number of anilines is 1. The molecule has 0 aromatic carbocycles. The van der Waals surface area contributed by atoms with Crippen LogP contribution < -0.4 is 11.1 Å². The summed E-state index contributed by atoms with van der Waals surface area (Å²) in [7, 11) is 0. The highest BCUT2D eigenvalue weighted by atomic mass is 35.5. The highest BCUT2D eigenvalue weighted by molar-refractivity contribution is 6.30. The summed E-state index contributed by atoms with van der Waals surface area (Å²) in [5, 5.41) is 13.7. The largest absolute Gasteiger partial charge is 0.385 e. The molecule has 24 heavy (non-hydrogen) atoms. The number of pyridine rings is 1. The van der Waals surface area contributed by atoms with Crippen molar-refractivity contribution in [3.05, 3.63) is 58.4 Å². The van der Waals surface area contributed by atoms with Crippen molar-refractivity contribution in [2.24, 2.45) is 5.73 Å². The zero-order chi connectivity index (χ0) is 17.4. The lowest BCUT2D eigenvalue weighted by Crippen LogP contribution is -2.15. The molecule has 0 unspecified atom stereocenters. The van der Waals surface area contributed by atoms with Crippen molar-refractivity contribution in [3.63, 3.8) is 0 Å². The molecule has 3 rings (SSSR count). The van der Waals surface area contributed by atoms with Crippen molar-refractivity contribution in [3.8, 4) is 0 Å². The smallest absolute Gasteiger partial charge is 0.131 e. The highest BCUT2D eigenvalue weighted by Gasteiger charge is 2.27. The van der Waals surface area contributed by atoms with Crippen LogP contribution in [0.15, 0.2) is 42.0 Å². The number of aliphatic hydroxyl groups is 1. The van der Waals surface area contributed by atoms with E-state index < -0.39 is 6.10 Å². The molecule has 0 saturated carbocycles. The molecule has 0 fully saturated rings. The van der Waals surface area contributed by atoms with Gasteiger partial charge in [-0.1, -0.05) is 36.4 Å². The molecular formula is C19H22ClN3O. The fraction of sp³-hybridized carbons (Fsp3) is 0.316. The second kappa shape index (κ2) is 6.55. The molecular weight excluding hydrogens is 322 g/mol. The van der Waals surface area contributed by atoms with Crippen LogP contribution in [0.3, 0.4) is 0 Å². The number of allylic oxidation sites excluding steroid dienone is 4. The van der Waals surface area contributed by atoms with Gasteiger partial charge in [0.25, 0.3) is 0 Å². The molecule has 0 spiro atoms. The first-order valence-corrected chi connectivity index (χ1v) is 8.41. The minimum atomic E-state index is -0.528. The van der Waals surface area contributed by atoms with E-state index in [2.05, 4.69) is 16.9 Å². The van der Waals surface area contributed by atoms with Crippen LogP contribution in [-0.4, -0.2) is 28.8 Å². The van der Waals surface area contributed by atoms with Gasteiger partial charge in [-0.3, -0.25) is 0 Å². The molecule has 2 aliphatic rings. The Hall–Kier alpha value is -1.88. The summed E-state index contributed by atoms with van der Waals surface area (Å²) in [5.74, 6) is 0. The van der Waals surface area contributed by atoms with Crippen molar-refractivity contribution in [2.75, 3.05) is 11.9 Å². The third-order valence-corrected chi connectivity index (χ3v) is 4.65. The van der Waals surface area contributed by atoms with Gasteiger partial charge in [0.05, 0.1) is 11.8 Å². The van der Waals surface area contributed by atoms with Gasteiger partial charge >= 0.3 is 0 Å². The maximum absolute atomic E-state index is 9.88. The van der Waals surface area contributed by atoms with E-state index in [1.54, 1.807) is 6.08 Å². The van der Waals surface area contributed by atoms with E-state index in [4.69, 9.17) is 17.3 Å². The maximum atomic E-state index is 9.88. The van der Waals surface area contributed by atoms with E-state index in [0.29, 0.717) is 11.7 Å². The molecule has 0 amide bonds. The molecule has 2 atom stereocenters. The predicted octanol–water partition coefficient (Wildman–Crippen LogP) is 3.54. The van der Waals surface area contributed by atoms with E-state index in [9.17, 15) is 5.11 Å². The van der Waals surface area contributed by atoms with Crippen LogP contribution in [0.25, 0.3) is 11.1 Å². The summed E-state index contributed by atoms with van der Waals surface area (Å²) in [4.78, 5) is 4.49.